The lowest BCUT2D eigenvalue weighted by Gasteiger charge is -2.28. The summed E-state index contributed by atoms with van der Waals surface area (Å²) in [5.74, 6) is 0.187. The summed E-state index contributed by atoms with van der Waals surface area (Å²) in [5.41, 5.74) is 1.31. The van der Waals surface area contributed by atoms with Crippen molar-refractivity contribution in [1.29, 1.82) is 0 Å². The highest BCUT2D eigenvalue weighted by Gasteiger charge is 2.23. The van der Waals surface area contributed by atoms with Gasteiger partial charge in [0.25, 0.3) is 0 Å². The number of nitrogens with zero attached hydrogens (tertiary/aromatic N) is 1. The molecule has 3 heteroatoms. The maximum absolute atomic E-state index is 11.8. The van der Waals surface area contributed by atoms with Crippen molar-refractivity contribution in [2.24, 2.45) is 0 Å². The van der Waals surface area contributed by atoms with Gasteiger partial charge in [-0.1, -0.05) is 43.7 Å². The van der Waals surface area contributed by atoms with E-state index in [1.165, 1.54) is 18.4 Å². The molecule has 1 unspecified atom stereocenters. The predicted octanol–water partition coefficient (Wildman–Crippen LogP) is 3.13. The summed E-state index contributed by atoms with van der Waals surface area (Å²) < 4.78 is 0. The van der Waals surface area contributed by atoms with Gasteiger partial charge in [0.1, 0.15) is 0 Å². The zero-order valence-electron chi connectivity index (χ0n) is 12.5. The lowest BCUT2D eigenvalue weighted by molar-refractivity contribution is -0.121. The number of rotatable bonds is 7. The van der Waals surface area contributed by atoms with Crippen LogP contribution in [-0.4, -0.2) is 30.4 Å². The number of amides is 1. The minimum absolute atomic E-state index is 0.187. The summed E-state index contributed by atoms with van der Waals surface area (Å²) in [6.45, 7) is 5.13. The first-order valence-electron chi connectivity index (χ1n) is 7.87. The van der Waals surface area contributed by atoms with E-state index in [0.29, 0.717) is 12.5 Å². The van der Waals surface area contributed by atoms with Crippen molar-refractivity contribution in [1.82, 2.24) is 10.2 Å². The van der Waals surface area contributed by atoms with Crippen LogP contribution in [0.2, 0.25) is 0 Å². The monoisotopic (exact) mass is 274 g/mol. The van der Waals surface area contributed by atoms with Gasteiger partial charge in [0, 0.05) is 13.0 Å². The first-order chi connectivity index (χ1) is 9.81. The van der Waals surface area contributed by atoms with E-state index in [-0.39, 0.29) is 5.91 Å². The molecule has 1 amide bonds. The molecule has 2 rings (SSSR count). The molecular formula is C17H26N2O. The van der Waals surface area contributed by atoms with E-state index in [4.69, 9.17) is 0 Å². The molecule has 1 N–H and O–H groups in total. The first-order valence-corrected chi connectivity index (χ1v) is 7.87. The highest BCUT2D eigenvalue weighted by atomic mass is 16.1. The molecule has 0 bridgehead atoms. The highest BCUT2D eigenvalue weighted by Crippen LogP contribution is 2.24. The van der Waals surface area contributed by atoms with Crippen LogP contribution in [0.4, 0.5) is 0 Å². The van der Waals surface area contributed by atoms with Gasteiger partial charge >= 0.3 is 0 Å². The molecule has 0 radical (unpaired) electrons. The average Bonchev–Trinajstić information content (AvgIpc) is 3.00. The van der Waals surface area contributed by atoms with Crippen LogP contribution < -0.4 is 5.32 Å². The molecule has 1 atom stereocenters. The van der Waals surface area contributed by atoms with Crippen molar-refractivity contribution in [2.75, 3.05) is 19.6 Å². The van der Waals surface area contributed by atoms with Crippen LogP contribution in [0.15, 0.2) is 30.3 Å². The maximum Gasteiger partial charge on any atom is 0.220 e. The SMILES string of the molecule is CCCCC(=O)NCC(c1ccccc1)N1CCCC1. The van der Waals surface area contributed by atoms with Crippen molar-refractivity contribution in [2.45, 2.75) is 45.1 Å². The van der Waals surface area contributed by atoms with Crippen molar-refractivity contribution < 1.29 is 4.79 Å². The van der Waals surface area contributed by atoms with Crippen molar-refractivity contribution in [3.8, 4) is 0 Å². The Morgan fingerprint density at radius 3 is 2.60 bits per heavy atom. The molecule has 1 aromatic carbocycles. The van der Waals surface area contributed by atoms with E-state index in [1.54, 1.807) is 0 Å². The largest absolute Gasteiger partial charge is 0.354 e. The van der Waals surface area contributed by atoms with E-state index >= 15 is 0 Å². The third-order valence-electron chi connectivity index (χ3n) is 4.02. The van der Waals surface area contributed by atoms with Crippen LogP contribution in [0.1, 0.15) is 50.6 Å². The summed E-state index contributed by atoms with van der Waals surface area (Å²) >= 11 is 0. The zero-order chi connectivity index (χ0) is 14.2. The second-order valence-electron chi connectivity index (χ2n) is 5.58. The Morgan fingerprint density at radius 1 is 1.25 bits per heavy atom. The van der Waals surface area contributed by atoms with Gasteiger partial charge in [0.15, 0.2) is 0 Å². The van der Waals surface area contributed by atoms with Gasteiger partial charge in [-0.3, -0.25) is 9.69 Å². The Kier molecular flexibility index (Phi) is 6.06. The molecular weight excluding hydrogens is 248 g/mol. The number of likely N-dealkylation sites (tertiary alicyclic amines) is 1. The van der Waals surface area contributed by atoms with Crippen LogP contribution in [0.25, 0.3) is 0 Å². The van der Waals surface area contributed by atoms with Crippen LogP contribution in [0, 0.1) is 0 Å². The number of unbranched alkanes of at least 4 members (excludes halogenated alkanes) is 1. The van der Waals surface area contributed by atoms with Gasteiger partial charge in [-0.05, 0) is 37.9 Å². The summed E-state index contributed by atoms with van der Waals surface area (Å²) in [6.07, 6.45) is 5.24. The van der Waals surface area contributed by atoms with Gasteiger partial charge in [0.2, 0.25) is 5.91 Å². The van der Waals surface area contributed by atoms with E-state index < -0.39 is 0 Å². The normalized spacial score (nSPS) is 17.1. The molecule has 0 saturated carbocycles. The minimum atomic E-state index is 0.187. The Hall–Kier alpha value is -1.35. The lowest BCUT2D eigenvalue weighted by atomic mass is 10.1. The number of carbonyl (C=O) groups excluding carboxylic acids is 1. The number of nitrogens with one attached hydrogen (secondary N) is 1. The number of carbonyl (C=O) groups is 1. The van der Waals surface area contributed by atoms with Crippen LogP contribution >= 0.6 is 0 Å². The average molecular weight is 274 g/mol. The molecule has 110 valence electrons. The van der Waals surface area contributed by atoms with Crippen LogP contribution in [0.5, 0.6) is 0 Å². The fourth-order valence-corrected chi connectivity index (χ4v) is 2.82. The third-order valence-corrected chi connectivity index (χ3v) is 4.02. The lowest BCUT2D eigenvalue weighted by Crippen LogP contribution is -2.36. The van der Waals surface area contributed by atoms with Crippen molar-refractivity contribution in [3.63, 3.8) is 0 Å². The molecule has 1 aliphatic heterocycles. The molecule has 3 nitrogen and oxygen atoms in total. The van der Waals surface area contributed by atoms with E-state index in [1.807, 2.05) is 6.07 Å². The number of benzene rings is 1. The third kappa shape index (κ3) is 4.34. The number of hydrogen-bond acceptors (Lipinski definition) is 2. The summed E-state index contributed by atoms with van der Waals surface area (Å²) in [7, 11) is 0. The van der Waals surface area contributed by atoms with Gasteiger partial charge in [0.05, 0.1) is 6.04 Å². The van der Waals surface area contributed by atoms with E-state index in [9.17, 15) is 4.79 Å². The van der Waals surface area contributed by atoms with Gasteiger partial charge < -0.3 is 5.32 Å². The molecule has 20 heavy (non-hydrogen) atoms. The van der Waals surface area contributed by atoms with E-state index in [2.05, 4.69) is 41.4 Å². The Bertz CT molecular complexity index is 399. The molecule has 0 aliphatic carbocycles. The highest BCUT2D eigenvalue weighted by molar-refractivity contribution is 5.75. The second kappa shape index (κ2) is 8.05. The maximum atomic E-state index is 11.8. The first kappa shape index (κ1) is 15.0. The summed E-state index contributed by atoms with van der Waals surface area (Å²) in [6, 6.07) is 10.9. The fraction of sp³-hybridized carbons (Fsp3) is 0.588. The molecule has 1 heterocycles. The topological polar surface area (TPSA) is 32.3 Å². The molecule has 1 fully saturated rings. The smallest absolute Gasteiger partial charge is 0.220 e. The Morgan fingerprint density at radius 2 is 1.95 bits per heavy atom. The number of hydrogen-bond donors (Lipinski definition) is 1. The van der Waals surface area contributed by atoms with Crippen molar-refractivity contribution >= 4 is 5.91 Å². The molecule has 1 aromatic rings. The predicted molar refractivity (Wildman–Crippen MR) is 82.5 cm³/mol. The van der Waals surface area contributed by atoms with Crippen molar-refractivity contribution in [3.05, 3.63) is 35.9 Å². The standard InChI is InChI=1S/C17H26N2O/c1-2-3-11-17(20)18-14-16(19-12-7-8-13-19)15-9-5-4-6-10-15/h4-6,9-10,16H,2-3,7-8,11-14H2,1H3,(H,18,20). The van der Waals surface area contributed by atoms with Crippen LogP contribution in [-0.2, 0) is 4.79 Å². The quantitative estimate of drug-likeness (QED) is 0.828. The van der Waals surface area contributed by atoms with Gasteiger partial charge in [-0.2, -0.15) is 0 Å². The minimum Gasteiger partial charge on any atom is -0.354 e. The van der Waals surface area contributed by atoms with Gasteiger partial charge in [-0.25, -0.2) is 0 Å². The van der Waals surface area contributed by atoms with Gasteiger partial charge in [-0.15, -0.1) is 0 Å². The molecule has 0 spiro atoms. The Balaban J connectivity index is 1.95. The van der Waals surface area contributed by atoms with Crippen LogP contribution in [0.3, 0.4) is 0 Å². The molecule has 0 aromatic heterocycles. The van der Waals surface area contributed by atoms with E-state index in [0.717, 1.165) is 32.5 Å². The zero-order valence-corrected chi connectivity index (χ0v) is 12.5. The Labute approximate surface area is 122 Å². The summed E-state index contributed by atoms with van der Waals surface area (Å²) in [5, 5.41) is 3.11. The molecule has 1 saturated heterocycles. The fourth-order valence-electron chi connectivity index (χ4n) is 2.82. The summed E-state index contributed by atoms with van der Waals surface area (Å²) in [4.78, 5) is 14.3. The second-order valence-corrected chi connectivity index (χ2v) is 5.58. The molecule has 1 aliphatic rings.